The van der Waals surface area contributed by atoms with E-state index in [1.807, 2.05) is 7.05 Å². The van der Waals surface area contributed by atoms with Crippen molar-refractivity contribution in [1.29, 1.82) is 0 Å². The Bertz CT molecular complexity index is 547. The number of nitrogens with one attached hydrogen (secondary N) is 2. The number of likely N-dealkylation sites (tertiary alicyclic amines) is 1. The first-order valence-corrected chi connectivity index (χ1v) is 9.88. The van der Waals surface area contributed by atoms with Crippen molar-refractivity contribution in [2.45, 2.75) is 70.5 Å². The molecule has 2 fully saturated rings. The van der Waals surface area contributed by atoms with Crippen molar-refractivity contribution in [2.24, 2.45) is 12.0 Å². The largest absolute Gasteiger partial charge is 0.357 e. The van der Waals surface area contributed by atoms with Crippen LogP contribution in [0.4, 0.5) is 0 Å². The average molecular weight is 348 g/mol. The van der Waals surface area contributed by atoms with Gasteiger partial charge in [0.2, 0.25) is 0 Å². The van der Waals surface area contributed by atoms with Crippen molar-refractivity contribution in [3.63, 3.8) is 0 Å². The van der Waals surface area contributed by atoms with Crippen LogP contribution < -0.4 is 10.6 Å². The van der Waals surface area contributed by atoms with Crippen LogP contribution in [0.3, 0.4) is 0 Å². The third kappa shape index (κ3) is 5.17. The topological polar surface area (TPSA) is 70.4 Å². The Balaban J connectivity index is 1.56. The van der Waals surface area contributed by atoms with Crippen molar-refractivity contribution in [1.82, 2.24) is 30.3 Å². The van der Waals surface area contributed by atoms with Crippen molar-refractivity contribution in [3.8, 4) is 0 Å². The molecule has 2 aliphatic rings. The van der Waals surface area contributed by atoms with Crippen LogP contribution in [0.1, 0.15) is 57.7 Å². The second-order valence-corrected chi connectivity index (χ2v) is 7.27. The van der Waals surface area contributed by atoms with E-state index in [4.69, 9.17) is 4.99 Å². The van der Waals surface area contributed by atoms with E-state index in [-0.39, 0.29) is 0 Å². The van der Waals surface area contributed by atoms with Crippen molar-refractivity contribution in [3.05, 3.63) is 12.2 Å². The van der Waals surface area contributed by atoms with Crippen LogP contribution in [0.5, 0.6) is 0 Å². The Labute approximate surface area is 151 Å². The molecule has 0 spiro atoms. The first-order valence-electron chi connectivity index (χ1n) is 9.88. The standard InChI is InChI=1S/C18H33N7/c1-3-19-18(20-12-17-21-14-22-24(17)2)23-15-8-7-11-25(13-15)16-9-5-4-6-10-16/h14-16H,3-13H2,1-2H3,(H2,19,20,23). The summed E-state index contributed by atoms with van der Waals surface area (Å²) in [6, 6.07) is 1.28. The van der Waals surface area contributed by atoms with Gasteiger partial charge in [0.15, 0.2) is 5.96 Å². The number of hydrogen-bond donors (Lipinski definition) is 2. The molecule has 1 aromatic heterocycles. The fraction of sp³-hybridized carbons (Fsp3) is 0.833. The first-order chi connectivity index (χ1) is 12.3. The zero-order valence-electron chi connectivity index (χ0n) is 15.7. The molecule has 0 aromatic carbocycles. The molecule has 25 heavy (non-hydrogen) atoms. The quantitative estimate of drug-likeness (QED) is 0.626. The van der Waals surface area contributed by atoms with E-state index in [9.17, 15) is 0 Å². The summed E-state index contributed by atoms with van der Waals surface area (Å²) in [5.41, 5.74) is 0. The molecule has 1 unspecified atom stereocenters. The van der Waals surface area contributed by atoms with E-state index in [0.717, 1.165) is 30.9 Å². The van der Waals surface area contributed by atoms with E-state index in [1.165, 1.54) is 51.5 Å². The van der Waals surface area contributed by atoms with Crippen LogP contribution in [0.15, 0.2) is 11.3 Å². The summed E-state index contributed by atoms with van der Waals surface area (Å²) in [7, 11) is 1.90. The fourth-order valence-corrected chi connectivity index (χ4v) is 4.03. The summed E-state index contributed by atoms with van der Waals surface area (Å²) < 4.78 is 1.78. The molecule has 1 aliphatic heterocycles. The molecule has 140 valence electrons. The Kier molecular flexibility index (Phi) is 6.67. The van der Waals surface area contributed by atoms with Gasteiger partial charge in [-0.05, 0) is 39.2 Å². The normalized spacial score (nSPS) is 23.6. The third-order valence-electron chi connectivity index (χ3n) is 5.41. The Morgan fingerprint density at radius 2 is 2.08 bits per heavy atom. The number of nitrogens with zero attached hydrogens (tertiary/aromatic N) is 5. The van der Waals surface area contributed by atoms with Crippen LogP contribution in [-0.2, 0) is 13.6 Å². The van der Waals surface area contributed by atoms with Crippen LogP contribution in [-0.4, -0.2) is 57.3 Å². The molecule has 3 rings (SSSR count). The fourth-order valence-electron chi connectivity index (χ4n) is 4.03. The summed E-state index contributed by atoms with van der Waals surface area (Å²) in [5, 5.41) is 11.1. The van der Waals surface area contributed by atoms with E-state index in [1.54, 1.807) is 11.0 Å². The molecule has 0 radical (unpaired) electrons. The number of rotatable bonds is 5. The zero-order valence-corrected chi connectivity index (χ0v) is 15.7. The molecule has 0 amide bonds. The van der Waals surface area contributed by atoms with Gasteiger partial charge in [-0.2, -0.15) is 5.10 Å². The molecule has 1 saturated heterocycles. The minimum atomic E-state index is 0.480. The summed E-state index contributed by atoms with van der Waals surface area (Å²) in [6.45, 7) is 5.91. The molecule has 1 saturated carbocycles. The summed E-state index contributed by atoms with van der Waals surface area (Å²) in [5.74, 6) is 1.77. The lowest BCUT2D eigenvalue weighted by Gasteiger charge is -2.40. The van der Waals surface area contributed by atoms with Crippen LogP contribution in [0.25, 0.3) is 0 Å². The summed E-state index contributed by atoms with van der Waals surface area (Å²) in [4.78, 5) is 11.7. The van der Waals surface area contributed by atoms with Gasteiger partial charge < -0.3 is 10.6 Å². The lowest BCUT2D eigenvalue weighted by molar-refractivity contribution is 0.115. The lowest BCUT2D eigenvalue weighted by Crippen LogP contribution is -2.53. The maximum atomic E-state index is 4.70. The van der Waals surface area contributed by atoms with Crippen LogP contribution >= 0.6 is 0 Å². The molecule has 1 aliphatic carbocycles. The van der Waals surface area contributed by atoms with Crippen LogP contribution in [0, 0.1) is 0 Å². The Morgan fingerprint density at radius 1 is 1.24 bits per heavy atom. The highest BCUT2D eigenvalue weighted by Crippen LogP contribution is 2.25. The number of aryl methyl sites for hydroxylation is 1. The number of aliphatic imine (C=N–C) groups is 1. The first kappa shape index (κ1) is 18.2. The van der Waals surface area contributed by atoms with Crippen LogP contribution in [0.2, 0.25) is 0 Å². The molecule has 2 heterocycles. The van der Waals surface area contributed by atoms with Gasteiger partial charge in [-0.15, -0.1) is 0 Å². The third-order valence-corrected chi connectivity index (χ3v) is 5.41. The zero-order chi connectivity index (χ0) is 17.5. The molecule has 1 atom stereocenters. The highest BCUT2D eigenvalue weighted by molar-refractivity contribution is 5.80. The van der Waals surface area contributed by atoms with E-state index >= 15 is 0 Å². The average Bonchev–Trinajstić information content (AvgIpc) is 3.06. The van der Waals surface area contributed by atoms with Gasteiger partial charge in [-0.25, -0.2) is 9.98 Å². The van der Waals surface area contributed by atoms with E-state index in [2.05, 4.69) is 32.5 Å². The Morgan fingerprint density at radius 3 is 2.80 bits per heavy atom. The predicted molar refractivity (Wildman–Crippen MR) is 100 cm³/mol. The van der Waals surface area contributed by atoms with Gasteiger partial charge in [0, 0.05) is 32.2 Å². The molecular weight excluding hydrogens is 314 g/mol. The van der Waals surface area contributed by atoms with Gasteiger partial charge >= 0.3 is 0 Å². The number of piperidine rings is 1. The summed E-state index contributed by atoms with van der Waals surface area (Å²) >= 11 is 0. The molecule has 7 heteroatoms. The molecule has 2 N–H and O–H groups in total. The molecule has 7 nitrogen and oxygen atoms in total. The van der Waals surface area contributed by atoms with E-state index in [0.29, 0.717) is 12.6 Å². The van der Waals surface area contributed by atoms with Gasteiger partial charge in [0.05, 0.1) is 0 Å². The molecular formula is C18H33N7. The van der Waals surface area contributed by atoms with Crippen molar-refractivity contribution >= 4 is 5.96 Å². The monoisotopic (exact) mass is 347 g/mol. The lowest BCUT2D eigenvalue weighted by atomic mass is 9.92. The second kappa shape index (κ2) is 9.17. The maximum Gasteiger partial charge on any atom is 0.191 e. The van der Waals surface area contributed by atoms with Gasteiger partial charge in [0.1, 0.15) is 18.7 Å². The number of aromatic nitrogens is 3. The summed E-state index contributed by atoms with van der Waals surface area (Å²) in [6.07, 6.45) is 11.1. The van der Waals surface area contributed by atoms with E-state index < -0.39 is 0 Å². The minimum absolute atomic E-state index is 0.480. The molecule has 0 bridgehead atoms. The van der Waals surface area contributed by atoms with Crippen molar-refractivity contribution < 1.29 is 0 Å². The second-order valence-electron chi connectivity index (χ2n) is 7.27. The number of guanidine groups is 1. The van der Waals surface area contributed by atoms with Gasteiger partial charge in [0.25, 0.3) is 0 Å². The highest BCUT2D eigenvalue weighted by Gasteiger charge is 2.27. The smallest absolute Gasteiger partial charge is 0.191 e. The predicted octanol–water partition coefficient (Wildman–Crippen LogP) is 1.67. The minimum Gasteiger partial charge on any atom is -0.357 e. The van der Waals surface area contributed by atoms with Gasteiger partial charge in [-0.3, -0.25) is 9.58 Å². The number of hydrogen-bond acceptors (Lipinski definition) is 4. The Hall–Kier alpha value is -1.63. The highest BCUT2D eigenvalue weighted by atomic mass is 15.3. The van der Waals surface area contributed by atoms with Crippen molar-refractivity contribution in [2.75, 3.05) is 19.6 Å². The maximum absolute atomic E-state index is 4.70. The van der Waals surface area contributed by atoms with Gasteiger partial charge in [-0.1, -0.05) is 19.3 Å². The SMILES string of the molecule is CCNC(=NCc1ncnn1C)NC1CCCN(C2CCCCC2)C1. The molecule has 1 aromatic rings.